The predicted octanol–water partition coefficient (Wildman–Crippen LogP) is 5.45. The van der Waals surface area contributed by atoms with Crippen molar-refractivity contribution in [3.8, 4) is 28.6 Å². The molecule has 1 aliphatic heterocycles. The van der Waals surface area contributed by atoms with Crippen LogP contribution in [0.5, 0.6) is 0 Å². The quantitative estimate of drug-likeness (QED) is 0.308. The number of benzene rings is 2. The Kier molecular flexibility index (Phi) is 6.77. The molecule has 10 nitrogen and oxygen atoms in total. The lowest BCUT2D eigenvalue weighted by atomic mass is 10.0. The van der Waals surface area contributed by atoms with Crippen LogP contribution in [0.1, 0.15) is 39.2 Å². The molecule has 1 aliphatic rings. The van der Waals surface area contributed by atoms with Gasteiger partial charge in [-0.2, -0.15) is 10.4 Å². The fourth-order valence-electron chi connectivity index (χ4n) is 5.49. The number of alkyl carbamates (subject to hydrolysis) is 1. The Labute approximate surface area is 242 Å². The molecular formula is C31H31FN8O2. The van der Waals surface area contributed by atoms with Gasteiger partial charge < -0.3 is 15.0 Å². The van der Waals surface area contributed by atoms with E-state index in [1.807, 2.05) is 73.6 Å². The van der Waals surface area contributed by atoms with Crippen LogP contribution in [0.4, 0.5) is 15.0 Å². The average Bonchev–Trinajstić information content (AvgIpc) is 3.52. The monoisotopic (exact) mass is 566 g/mol. The van der Waals surface area contributed by atoms with Gasteiger partial charge in [-0.15, -0.1) is 0 Å². The maximum Gasteiger partial charge on any atom is 0.407 e. The molecule has 1 atom stereocenters. The summed E-state index contributed by atoms with van der Waals surface area (Å²) in [5.74, 6) is 0.0587. The summed E-state index contributed by atoms with van der Waals surface area (Å²) in [5.41, 5.74) is 3.74. The molecule has 1 saturated heterocycles. The van der Waals surface area contributed by atoms with E-state index in [9.17, 15) is 14.4 Å². The highest BCUT2D eigenvalue weighted by Crippen LogP contribution is 2.37. The minimum absolute atomic E-state index is 0.0277. The van der Waals surface area contributed by atoms with E-state index < -0.39 is 17.5 Å². The summed E-state index contributed by atoms with van der Waals surface area (Å²) in [4.78, 5) is 24.3. The zero-order valence-electron chi connectivity index (χ0n) is 23.9. The molecule has 0 bridgehead atoms. The van der Waals surface area contributed by atoms with E-state index in [2.05, 4.69) is 15.3 Å². The molecule has 214 valence electrons. The molecule has 3 aromatic heterocycles. The molecular weight excluding hydrogens is 535 g/mol. The minimum atomic E-state index is -0.605. The summed E-state index contributed by atoms with van der Waals surface area (Å²) in [7, 11) is 1.89. The predicted molar refractivity (Wildman–Crippen MR) is 157 cm³/mol. The summed E-state index contributed by atoms with van der Waals surface area (Å²) >= 11 is 0. The highest BCUT2D eigenvalue weighted by Gasteiger charge is 2.28. The van der Waals surface area contributed by atoms with Crippen molar-refractivity contribution in [2.24, 2.45) is 7.05 Å². The number of rotatable bonds is 4. The van der Waals surface area contributed by atoms with Gasteiger partial charge in [-0.3, -0.25) is 9.08 Å². The van der Waals surface area contributed by atoms with Crippen LogP contribution < -0.4 is 10.2 Å². The second kappa shape index (κ2) is 10.4. The number of aromatic nitrogens is 5. The lowest BCUT2D eigenvalue weighted by molar-refractivity contribution is 0.0500. The number of ether oxygens (including phenoxy) is 1. The van der Waals surface area contributed by atoms with Crippen LogP contribution in [-0.2, 0) is 11.8 Å². The lowest BCUT2D eigenvalue weighted by Gasteiger charge is -2.34. The van der Waals surface area contributed by atoms with Gasteiger partial charge in [-0.05, 0) is 57.9 Å². The number of piperidine rings is 1. The van der Waals surface area contributed by atoms with Gasteiger partial charge in [0, 0.05) is 55.1 Å². The molecule has 1 fully saturated rings. The van der Waals surface area contributed by atoms with Crippen LogP contribution in [0.3, 0.4) is 0 Å². The van der Waals surface area contributed by atoms with Gasteiger partial charge in [0.25, 0.3) is 0 Å². The maximum absolute atomic E-state index is 14.8. The number of nitriles is 1. The number of carbonyl (C=O) groups excluding carboxylic acids is 1. The summed E-state index contributed by atoms with van der Waals surface area (Å²) in [6.45, 7) is 6.79. The molecule has 2 aromatic carbocycles. The van der Waals surface area contributed by atoms with E-state index in [-0.39, 0.29) is 11.6 Å². The Bertz CT molecular complexity index is 1860. The lowest BCUT2D eigenvalue weighted by Crippen LogP contribution is -2.49. The van der Waals surface area contributed by atoms with E-state index in [4.69, 9.17) is 14.7 Å². The van der Waals surface area contributed by atoms with Crippen molar-refractivity contribution in [3.63, 3.8) is 0 Å². The SMILES string of the molecule is Cn1ncc2cc(-c3c(-c4ccc(C#N)c(F)c4)nc4c(N5CCC[C@@H](NC(=O)OC(C)(C)C)C5)nccn34)ccc21. The third-order valence-electron chi connectivity index (χ3n) is 7.35. The van der Waals surface area contributed by atoms with Gasteiger partial charge in [0.15, 0.2) is 11.5 Å². The van der Waals surface area contributed by atoms with Crippen molar-refractivity contribution in [3.05, 3.63) is 66.4 Å². The number of carbonyl (C=O) groups is 1. The molecule has 6 rings (SSSR count). The van der Waals surface area contributed by atoms with E-state index in [0.29, 0.717) is 29.3 Å². The first kappa shape index (κ1) is 27.2. The van der Waals surface area contributed by atoms with Crippen LogP contribution >= 0.6 is 0 Å². The molecule has 5 aromatic rings. The summed E-state index contributed by atoms with van der Waals surface area (Å²) in [5, 5.41) is 17.6. The van der Waals surface area contributed by atoms with Crippen molar-refractivity contribution >= 4 is 28.5 Å². The number of hydrogen-bond acceptors (Lipinski definition) is 7. The smallest absolute Gasteiger partial charge is 0.407 e. The van der Waals surface area contributed by atoms with Crippen LogP contribution in [0.15, 0.2) is 55.0 Å². The zero-order valence-corrected chi connectivity index (χ0v) is 23.9. The normalized spacial score (nSPS) is 15.6. The van der Waals surface area contributed by atoms with E-state index in [1.54, 1.807) is 12.3 Å². The Hall–Kier alpha value is -4.98. The first-order valence-corrected chi connectivity index (χ1v) is 13.8. The van der Waals surface area contributed by atoms with Gasteiger partial charge >= 0.3 is 6.09 Å². The second-order valence-corrected chi connectivity index (χ2v) is 11.5. The third-order valence-corrected chi connectivity index (χ3v) is 7.35. The largest absolute Gasteiger partial charge is 0.444 e. The standard InChI is InChI=1S/C31H31FN8O2/c1-31(2,3)42-30(41)36-23-6-5-12-39(18-23)28-29-37-26(19-7-8-21(16-33)24(32)15-19)27(40(29)13-11-34-28)20-9-10-25-22(14-20)17-35-38(25)4/h7-11,13-15,17,23H,5-6,12,18H2,1-4H3,(H,36,41)/t23-/m1/s1. The molecule has 4 heterocycles. The molecule has 0 unspecified atom stereocenters. The van der Waals surface area contributed by atoms with Gasteiger partial charge in [0.2, 0.25) is 0 Å². The molecule has 11 heteroatoms. The number of imidazole rings is 1. The number of amides is 1. The maximum atomic E-state index is 14.8. The molecule has 42 heavy (non-hydrogen) atoms. The number of anilines is 1. The van der Waals surface area contributed by atoms with Crippen molar-refractivity contribution in [2.45, 2.75) is 45.3 Å². The highest BCUT2D eigenvalue weighted by molar-refractivity contribution is 5.90. The van der Waals surface area contributed by atoms with Gasteiger partial charge in [-0.1, -0.05) is 12.1 Å². The third kappa shape index (κ3) is 5.11. The Morgan fingerprint density at radius 3 is 2.76 bits per heavy atom. The summed E-state index contributed by atoms with van der Waals surface area (Å²) in [6, 6.07) is 12.3. The molecule has 1 N–H and O–H groups in total. The number of aryl methyl sites for hydroxylation is 1. The van der Waals surface area contributed by atoms with Crippen molar-refractivity contribution < 1.29 is 13.9 Å². The van der Waals surface area contributed by atoms with Crippen LogP contribution in [0.25, 0.3) is 39.1 Å². The Morgan fingerprint density at radius 2 is 2.00 bits per heavy atom. The number of fused-ring (bicyclic) bond motifs is 2. The minimum Gasteiger partial charge on any atom is -0.444 e. The van der Waals surface area contributed by atoms with E-state index >= 15 is 0 Å². The Morgan fingerprint density at radius 1 is 1.19 bits per heavy atom. The zero-order chi connectivity index (χ0) is 29.6. The topological polar surface area (TPSA) is 113 Å². The Balaban J connectivity index is 1.45. The fraction of sp³-hybridized carbons (Fsp3) is 0.323. The number of nitrogens with one attached hydrogen (secondary N) is 1. The molecule has 0 aliphatic carbocycles. The molecule has 0 spiro atoms. The van der Waals surface area contributed by atoms with Crippen molar-refractivity contribution in [1.82, 2.24) is 29.5 Å². The number of nitrogens with zero attached hydrogens (tertiary/aromatic N) is 7. The van der Waals surface area contributed by atoms with E-state index in [1.165, 1.54) is 12.1 Å². The first-order valence-electron chi connectivity index (χ1n) is 13.8. The van der Waals surface area contributed by atoms with Gasteiger partial charge in [0.05, 0.1) is 28.7 Å². The van der Waals surface area contributed by atoms with Crippen LogP contribution in [0, 0.1) is 17.1 Å². The molecule has 1 amide bonds. The summed E-state index contributed by atoms with van der Waals surface area (Å²) in [6.07, 6.45) is 6.60. The van der Waals surface area contributed by atoms with Crippen molar-refractivity contribution in [2.75, 3.05) is 18.0 Å². The number of hydrogen-bond donors (Lipinski definition) is 1. The fourth-order valence-corrected chi connectivity index (χ4v) is 5.49. The number of halogens is 1. The summed E-state index contributed by atoms with van der Waals surface area (Å²) < 4.78 is 24.1. The van der Waals surface area contributed by atoms with Gasteiger partial charge in [-0.25, -0.2) is 19.2 Å². The van der Waals surface area contributed by atoms with Crippen LogP contribution in [0.2, 0.25) is 0 Å². The second-order valence-electron chi connectivity index (χ2n) is 11.5. The van der Waals surface area contributed by atoms with E-state index in [0.717, 1.165) is 41.5 Å². The molecule has 0 radical (unpaired) electrons. The molecule has 0 saturated carbocycles. The van der Waals surface area contributed by atoms with Crippen molar-refractivity contribution in [1.29, 1.82) is 5.26 Å². The first-order chi connectivity index (χ1) is 20.1. The average molecular weight is 567 g/mol. The van der Waals surface area contributed by atoms with Gasteiger partial charge in [0.1, 0.15) is 17.5 Å². The van der Waals surface area contributed by atoms with Crippen LogP contribution in [-0.4, -0.2) is 55.0 Å². The highest BCUT2D eigenvalue weighted by atomic mass is 19.1.